The van der Waals surface area contributed by atoms with Crippen LogP contribution < -0.4 is 0 Å². The molecule has 0 aliphatic heterocycles. The average molecular weight is 470 g/mol. The van der Waals surface area contributed by atoms with Gasteiger partial charge in [0.25, 0.3) is 0 Å². The van der Waals surface area contributed by atoms with E-state index in [1.165, 1.54) is 4.90 Å². The summed E-state index contributed by atoms with van der Waals surface area (Å²) in [4.78, 5) is 30.8. The molecule has 2 aromatic carbocycles. The Morgan fingerprint density at radius 3 is 2.34 bits per heavy atom. The van der Waals surface area contributed by atoms with Gasteiger partial charge in [-0.2, -0.15) is 5.26 Å². The summed E-state index contributed by atoms with van der Waals surface area (Å²) < 4.78 is 0. The fourth-order valence-electron chi connectivity index (χ4n) is 4.15. The van der Waals surface area contributed by atoms with Crippen LogP contribution in [0.1, 0.15) is 51.2 Å². The van der Waals surface area contributed by atoms with Crippen molar-refractivity contribution in [1.29, 1.82) is 5.26 Å². The average Bonchev–Trinajstić information content (AvgIpc) is 2.87. The van der Waals surface area contributed by atoms with E-state index in [9.17, 15) is 20.0 Å². The number of carbonyl (C=O) groups is 2. The topological polar surface area (TPSA) is 94.3 Å². The maximum absolute atomic E-state index is 12.9. The first-order valence-corrected chi connectivity index (χ1v) is 11.9. The van der Waals surface area contributed by atoms with E-state index >= 15 is 0 Å². The minimum Gasteiger partial charge on any atom is -0.480 e. The van der Waals surface area contributed by atoms with Crippen molar-refractivity contribution in [3.8, 4) is 28.5 Å². The van der Waals surface area contributed by atoms with Gasteiger partial charge in [0.2, 0.25) is 5.91 Å². The van der Waals surface area contributed by atoms with Crippen molar-refractivity contribution in [3.05, 3.63) is 78.0 Å². The Balaban J connectivity index is 1.91. The predicted octanol–water partition coefficient (Wildman–Crippen LogP) is 5.92. The number of nitriles is 1. The molecule has 1 heterocycles. The van der Waals surface area contributed by atoms with Gasteiger partial charge in [-0.1, -0.05) is 63.6 Å². The number of pyridine rings is 1. The van der Waals surface area contributed by atoms with Crippen LogP contribution in [0.15, 0.2) is 66.9 Å². The third kappa shape index (κ3) is 6.33. The number of carbonyl (C=O) groups excluding carboxylic acids is 1. The summed E-state index contributed by atoms with van der Waals surface area (Å²) >= 11 is 0. The van der Waals surface area contributed by atoms with Crippen molar-refractivity contribution >= 4 is 11.9 Å². The lowest BCUT2D eigenvalue weighted by Gasteiger charge is -2.32. The van der Waals surface area contributed by atoms with E-state index in [2.05, 4.69) is 11.1 Å². The summed E-state index contributed by atoms with van der Waals surface area (Å²) in [6.45, 7) is 5.86. The van der Waals surface area contributed by atoms with Crippen LogP contribution in [-0.2, 0) is 16.1 Å². The highest BCUT2D eigenvalue weighted by Gasteiger charge is 2.32. The Hall–Kier alpha value is -3.98. The number of hydrogen-bond donors (Lipinski definition) is 1. The van der Waals surface area contributed by atoms with E-state index in [0.29, 0.717) is 12.0 Å². The molecule has 1 amide bonds. The monoisotopic (exact) mass is 469 g/mol. The molecule has 3 aromatic rings. The summed E-state index contributed by atoms with van der Waals surface area (Å²) in [5.74, 6) is -1.36. The van der Waals surface area contributed by atoms with Gasteiger partial charge in [0.15, 0.2) is 0 Å². The highest BCUT2D eigenvalue weighted by atomic mass is 16.4. The molecule has 0 fully saturated rings. The number of hydrogen-bond acceptors (Lipinski definition) is 4. The predicted molar refractivity (Wildman–Crippen MR) is 136 cm³/mol. The fraction of sp³-hybridized carbons (Fsp3) is 0.310. The largest absolute Gasteiger partial charge is 0.480 e. The van der Waals surface area contributed by atoms with Crippen LogP contribution >= 0.6 is 0 Å². The lowest BCUT2D eigenvalue weighted by atomic mass is 9.95. The molecular formula is C29H31N3O3. The molecule has 0 saturated carbocycles. The van der Waals surface area contributed by atoms with Gasteiger partial charge in [0.05, 0.1) is 17.3 Å². The van der Waals surface area contributed by atoms with Crippen LogP contribution in [0.4, 0.5) is 0 Å². The number of benzene rings is 2. The van der Waals surface area contributed by atoms with Crippen LogP contribution in [0, 0.1) is 17.2 Å². The van der Waals surface area contributed by atoms with Crippen LogP contribution in [0.3, 0.4) is 0 Å². The molecule has 180 valence electrons. The Kier molecular flexibility index (Phi) is 8.74. The van der Waals surface area contributed by atoms with Crippen molar-refractivity contribution in [2.75, 3.05) is 0 Å². The molecule has 6 heteroatoms. The molecule has 35 heavy (non-hydrogen) atoms. The van der Waals surface area contributed by atoms with Gasteiger partial charge in [0, 0.05) is 30.3 Å². The number of unbranched alkanes of at least 4 members (excludes halogenated alkanes) is 1. The minimum atomic E-state index is -0.994. The number of carboxylic acids is 1. The Morgan fingerprint density at radius 1 is 1.06 bits per heavy atom. The molecule has 0 spiro atoms. The highest BCUT2D eigenvalue weighted by Crippen LogP contribution is 2.29. The number of aliphatic carboxylic acids is 1. The number of carboxylic acid groups (broad SMARTS) is 1. The summed E-state index contributed by atoms with van der Waals surface area (Å²) in [7, 11) is 0. The molecule has 1 unspecified atom stereocenters. The summed E-state index contributed by atoms with van der Waals surface area (Å²) in [6.07, 6.45) is 3.66. The lowest BCUT2D eigenvalue weighted by molar-refractivity contribution is -0.153. The maximum atomic E-state index is 12.9. The van der Waals surface area contributed by atoms with E-state index in [1.54, 1.807) is 12.3 Å². The standard InChI is InChI=1S/C29H31N3O3/c1-4-5-9-27(33)32(28(20(2)3)29(34)35)19-21-10-12-22(13-11-21)25-17-23(14-15-24(25)18-30)26-8-6-7-16-31-26/h6-8,10-17,20,28H,4-5,9,19H2,1-3H3,(H,34,35). The number of amides is 1. The Bertz CT molecular complexity index is 1200. The normalized spacial score (nSPS) is 11.6. The SMILES string of the molecule is CCCCC(=O)N(Cc1ccc(-c2cc(-c3ccccn3)ccc2C#N)cc1)C(C(=O)O)C(C)C. The first kappa shape index (κ1) is 25.6. The summed E-state index contributed by atoms with van der Waals surface area (Å²) in [5.41, 5.74) is 4.79. The van der Waals surface area contributed by atoms with Crippen molar-refractivity contribution in [1.82, 2.24) is 9.88 Å². The van der Waals surface area contributed by atoms with Gasteiger partial charge in [-0.3, -0.25) is 9.78 Å². The van der Waals surface area contributed by atoms with Crippen LogP contribution in [0.25, 0.3) is 22.4 Å². The van der Waals surface area contributed by atoms with Gasteiger partial charge < -0.3 is 10.0 Å². The molecule has 1 aromatic heterocycles. The second-order valence-electron chi connectivity index (χ2n) is 8.94. The molecule has 1 atom stereocenters. The van der Waals surface area contributed by atoms with E-state index in [4.69, 9.17) is 0 Å². The minimum absolute atomic E-state index is 0.146. The lowest BCUT2D eigenvalue weighted by Crippen LogP contribution is -2.47. The molecule has 0 radical (unpaired) electrons. The Labute approximate surface area is 206 Å². The second kappa shape index (κ2) is 11.9. The van der Waals surface area contributed by atoms with Crippen LogP contribution in [0.5, 0.6) is 0 Å². The van der Waals surface area contributed by atoms with Gasteiger partial charge in [-0.05, 0) is 47.7 Å². The first-order chi connectivity index (χ1) is 16.8. The van der Waals surface area contributed by atoms with Gasteiger partial charge in [-0.25, -0.2) is 4.79 Å². The van der Waals surface area contributed by atoms with Crippen molar-refractivity contribution < 1.29 is 14.7 Å². The van der Waals surface area contributed by atoms with E-state index < -0.39 is 12.0 Å². The third-order valence-corrected chi connectivity index (χ3v) is 6.00. The zero-order valence-corrected chi connectivity index (χ0v) is 20.4. The molecule has 0 aliphatic carbocycles. The number of nitrogens with zero attached hydrogens (tertiary/aromatic N) is 3. The van der Waals surface area contributed by atoms with Crippen molar-refractivity contribution in [2.24, 2.45) is 5.92 Å². The van der Waals surface area contributed by atoms with Gasteiger partial charge in [0.1, 0.15) is 6.04 Å². The number of rotatable bonds is 10. The molecular weight excluding hydrogens is 438 g/mol. The maximum Gasteiger partial charge on any atom is 0.326 e. The summed E-state index contributed by atoms with van der Waals surface area (Å²) in [6, 6.07) is 20.3. The number of aromatic nitrogens is 1. The molecule has 6 nitrogen and oxygen atoms in total. The third-order valence-electron chi connectivity index (χ3n) is 6.00. The van der Waals surface area contributed by atoms with E-state index in [0.717, 1.165) is 40.8 Å². The van der Waals surface area contributed by atoms with E-state index in [1.807, 2.05) is 75.4 Å². The zero-order chi connectivity index (χ0) is 25.4. The van der Waals surface area contributed by atoms with E-state index in [-0.39, 0.29) is 18.4 Å². The molecule has 1 N–H and O–H groups in total. The highest BCUT2D eigenvalue weighted by molar-refractivity contribution is 5.84. The Morgan fingerprint density at radius 2 is 1.77 bits per heavy atom. The van der Waals surface area contributed by atoms with Crippen molar-refractivity contribution in [3.63, 3.8) is 0 Å². The molecule has 3 rings (SSSR count). The molecule has 0 saturated heterocycles. The van der Waals surface area contributed by atoms with Crippen LogP contribution in [0.2, 0.25) is 0 Å². The van der Waals surface area contributed by atoms with Gasteiger partial charge >= 0.3 is 5.97 Å². The van der Waals surface area contributed by atoms with Crippen molar-refractivity contribution in [2.45, 2.75) is 52.6 Å². The second-order valence-corrected chi connectivity index (χ2v) is 8.94. The fourth-order valence-corrected chi connectivity index (χ4v) is 4.15. The van der Waals surface area contributed by atoms with Crippen LogP contribution in [-0.4, -0.2) is 32.9 Å². The summed E-state index contributed by atoms with van der Waals surface area (Å²) in [5, 5.41) is 19.5. The molecule has 0 aliphatic rings. The first-order valence-electron chi connectivity index (χ1n) is 11.9. The quantitative estimate of drug-likeness (QED) is 0.398. The van der Waals surface area contributed by atoms with Gasteiger partial charge in [-0.15, -0.1) is 0 Å². The zero-order valence-electron chi connectivity index (χ0n) is 20.4. The molecule has 0 bridgehead atoms. The smallest absolute Gasteiger partial charge is 0.326 e.